The fourth-order valence-electron chi connectivity index (χ4n) is 3.44. The summed E-state index contributed by atoms with van der Waals surface area (Å²) in [6.45, 7) is 2.65. The fraction of sp³-hybridized carbons (Fsp3) is 0.333. The molecule has 2 unspecified atom stereocenters. The van der Waals surface area contributed by atoms with E-state index < -0.39 is 0 Å². The van der Waals surface area contributed by atoms with E-state index in [1.54, 1.807) is 18.5 Å². The third kappa shape index (κ3) is 7.49. The maximum absolute atomic E-state index is 12.8. The van der Waals surface area contributed by atoms with Gasteiger partial charge in [0.25, 0.3) is 0 Å². The summed E-state index contributed by atoms with van der Waals surface area (Å²) in [4.78, 5) is 8.36. The van der Waals surface area contributed by atoms with E-state index in [0.717, 1.165) is 53.5 Å². The monoisotopic (exact) mass is 442 g/mol. The lowest BCUT2D eigenvalue weighted by molar-refractivity contribution is 0.182. The van der Waals surface area contributed by atoms with Gasteiger partial charge in [0.1, 0.15) is 17.5 Å². The molecule has 1 aliphatic carbocycles. The minimum atomic E-state index is -0.213. The summed E-state index contributed by atoms with van der Waals surface area (Å²) in [6, 6.07) is 14.5. The molecule has 2 aromatic heterocycles. The van der Waals surface area contributed by atoms with E-state index in [1.807, 2.05) is 30.3 Å². The number of rotatable bonds is 6. The van der Waals surface area contributed by atoms with Gasteiger partial charge in [-0.05, 0) is 67.1 Å². The average Bonchev–Trinajstić information content (AvgIpc) is 3.19. The zero-order valence-corrected chi connectivity index (χ0v) is 18.3. The van der Waals surface area contributed by atoms with Gasteiger partial charge in [-0.1, -0.05) is 36.7 Å². The van der Waals surface area contributed by atoms with Crippen LogP contribution in [0.15, 0.2) is 60.9 Å². The molecule has 31 heavy (non-hydrogen) atoms. The Balaban J connectivity index is 0.000000176. The van der Waals surface area contributed by atoms with Crippen LogP contribution in [-0.4, -0.2) is 27.2 Å². The molecule has 3 aromatic rings. The fourth-order valence-corrected chi connectivity index (χ4v) is 3.67. The van der Waals surface area contributed by atoms with Crippen LogP contribution in [0.5, 0.6) is 0 Å². The summed E-state index contributed by atoms with van der Waals surface area (Å²) >= 11 is 6.01. The first-order chi connectivity index (χ1) is 15.0. The Bertz CT molecular complexity index is 957. The zero-order chi connectivity index (χ0) is 22.1. The normalized spacial score (nSPS) is 17.5. The average molecular weight is 443 g/mol. The van der Waals surface area contributed by atoms with Gasteiger partial charge in [-0.3, -0.25) is 0 Å². The molecule has 0 aliphatic heterocycles. The second kappa shape index (κ2) is 11.6. The molecular weight excluding hydrogens is 415 g/mol. The van der Waals surface area contributed by atoms with Gasteiger partial charge in [-0.25, -0.2) is 14.4 Å². The quantitative estimate of drug-likeness (QED) is 0.473. The smallest absolute Gasteiger partial charge is 0.126 e. The van der Waals surface area contributed by atoms with Crippen molar-refractivity contribution in [1.82, 2.24) is 9.97 Å². The summed E-state index contributed by atoms with van der Waals surface area (Å²) in [5, 5.41) is 16.6. The van der Waals surface area contributed by atoms with Crippen molar-refractivity contribution in [3.63, 3.8) is 0 Å². The second-order valence-corrected chi connectivity index (χ2v) is 7.93. The molecular formula is C24H28ClFN4O. The van der Waals surface area contributed by atoms with Gasteiger partial charge in [0.15, 0.2) is 0 Å². The van der Waals surface area contributed by atoms with Crippen LogP contribution in [0.1, 0.15) is 37.3 Å². The number of aliphatic hydroxyl groups excluding tert-OH is 1. The van der Waals surface area contributed by atoms with E-state index >= 15 is 0 Å². The first kappa shape index (κ1) is 23.0. The SMILES string of the molecule is CCc1cc(NC2CCC(O)C2)ncc1Cl.Fc1cccc(CNc2ccccn2)c1. The summed E-state index contributed by atoms with van der Waals surface area (Å²) < 4.78 is 12.8. The van der Waals surface area contributed by atoms with Gasteiger partial charge in [0.2, 0.25) is 0 Å². The molecule has 5 nitrogen and oxygen atoms in total. The first-order valence-corrected chi connectivity index (χ1v) is 10.9. The molecule has 3 N–H and O–H groups in total. The van der Waals surface area contributed by atoms with Crippen LogP contribution in [0.25, 0.3) is 0 Å². The van der Waals surface area contributed by atoms with Crippen LogP contribution in [0, 0.1) is 5.82 Å². The standard InChI is InChI=1S/C12H17ClN2O.C12H11FN2/c1-2-8-5-12(14-7-11(8)13)15-9-3-4-10(16)6-9;13-11-5-3-4-10(8-11)9-15-12-6-1-2-7-14-12/h5,7,9-10,16H,2-4,6H2,1H3,(H,14,15);1-8H,9H2,(H,14,15). The van der Waals surface area contributed by atoms with E-state index in [-0.39, 0.29) is 11.9 Å². The highest BCUT2D eigenvalue weighted by molar-refractivity contribution is 6.31. The van der Waals surface area contributed by atoms with Crippen LogP contribution in [0.2, 0.25) is 5.02 Å². The van der Waals surface area contributed by atoms with Gasteiger partial charge in [-0.15, -0.1) is 0 Å². The van der Waals surface area contributed by atoms with Crippen molar-refractivity contribution >= 4 is 23.2 Å². The Morgan fingerprint density at radius 2 is 1.97 bits per heavy atom. The molecule has 7 heteroatoms. The van der Waals surface area contributed by atoms with Crippen LogP contribution in [-0.2, 0) is 13.0 Å². The lowest BCUT2D eigenvalue weighted by Crippen LogP contribution is -2.17. The number of aryl methyl sites for hydroxylation is 1. The molecule has 2 atom stereocenters. The Kier molecular flexibility index (Phi) is 8.62. The maximum Gasteiger partial charge on any atom is 0.126 e. The Morgan fingerprint density at radius 3 is 2.65 bits per heavy atom. The highest BCUT2D eigenvalue weighted by Gasteiger charge is 2.22. The molecule has 0 spiro atoms. The number of aliphatic hydroxyl groups is 1. The predicted octanol–water partition coefficient (Wildman–Crippen LogP) is 5.46. The number of halogens is 2. The molecule has 164 valence electrons. The van der Waals surface area contributed by atoms with Crippen molar-refractivity contribution in [2.24, 2.45) is 0 Å². The van der Waals surface area contributed by atoms with Crippen LogP contribution < -0.4 is 10.6 Å². The van der Waals surface area contributed by atoms with E-state index in [0.29, 0.717) is 12.6 Å². The van der Waals surface area contributed by atoms with Gasteiger partial charge < -0.3 is 15.7 Å². The van der Waals surface area contributed by atoms with Crippen molar-refractivity contribution < 1.29 is 9.50 Å². The number of hydrogen-bond acceptors (Lipinski definition) is 5. The molecule has 1 saturated carbocycles. The van der Waals surface area contributed by atoms with Crippen molar-refractivity contribution in [2.45, 2.75) is 51.3 Å². The third-order valence-electron chi connectivity index (χ3n) is 5.10. The Morgan fingerprint density at radius 1 is 1.10 bits per heavy atom. The largest absolute Gasteiger partial charge is 0.393 e. The Hall–Kier alpha value is -2.70. The first-order valence-electron chi connectivity index (χ1n) is 10.5. The number of aromatic nitrogens is 2. The number of hydrogen-bond donors (Lipinski definition) is 3. The van der Waals surface area contributed by atoms with Crippen LogP contribution >= 0.6 is 11.6 Å². The minimum Gasteiger partial charge on any atom is -0.393 e. The van der Waals surface area contributed by atoms with Gasteiger partial charge in [0.05, 0.1) is 11.1 Å². The molecule has 0 saturated heterocycles. The van der Waals surface area contributed by atoms with E-state index in [2.05, 4.69) is 27.5 Å². The Labute approximate surface area is 187 Å². The molecule has 1 aliphatic rings. The molecule has 0 amide bonds. The third-order valence-corrected chi connectivity index (χ3v) is 5.44. The maximum atomic E-state index is 12.8. The highest BCUT2D eigenvalue weighted by atomic mass is 35.5. The summed E-state index contributed by atoms with van der Waals surface area (Å²) in [7, 11) is 0. The van der Waals surface area contributed by atoms with Crippen molar-refractivity contribution in [3.8, 4) is 0 Å². The van der Waals surface area contributed by atoms with Gasteiger partial charge in [-0.2, -0.15) is 0 Å². The number of pyridine rings is 2. The number of nitrogens with zero attached hydrogens (tertiary/aromatic N) is 2. The van der Waals surface area contributed by atoms with Gasteiger partial charge in [0, 0.05) is 25.0 Å². The van der Waals surface area contributed by atoms with Crippen molar-refractivity contribution in [3.05, 3.63) is 82.9 Å². The lowest BCUT2D eigenvalue weighted by Gasteiger charge is -2.13. The van der Waals surface area contributed by atoms with E-state index in [1.165, 1.54) is 12.1 Å². The highest BCUT2D eigenvalue weighted by Crippen LogP contribution is 2.24. The van der Waals surface area contributed by atoms with Crippen LogP contribution in [0.4, 0.5) is 16.0 Å². The minimum absolute atomic E-state index is 0.157. The lowest BCUT2D eigenvalue weighted by atomic mass is 10.2. The molecule has 1 aromatic carbocycles. The van der Waals surface area contributed by atoms with Crippen LogP contribution in [0.3, 0.4) is 0 Å². The van der Waals surface area contributed by atoms with E-state index in [9.17, 15) is 9.50 Å². The number of benzene rings is 1. The van der Waals surface area contributed by atoms with Crippen molar-refractivity contribution in [2.75, 3.05) is 10.6 Å². The summed E-state index contributed by atoms with van der Waals surface area (Å²) in [5.74, 6) is 1.44. The number of anilines is 2. The van der Waals surface area contributed by atoms with E-state index in [4.69, 9.17) is 11.6 Å². The van der Waals surface area contributed by atoms with Crippen molar-refractivity contribution in [1.29, 1.82) is 0 Å². The molecule has 0 radical (unpaired) electrons. The molecule has 0 bridgehead atoms. The molecule has 1 fully saturated rings. The molecule has 4 rings (SSSR count). The molecule has 2 heterocycles. The summed E-state index contributed by atoms with van der Waals surface area (Å²) in [6.07, 6.45) is 6.85. The summed E-state index contributed by atoms with van der Waals surface area (Å²) in [5.41, 5.74) is 2.01. The zero-order valence-electron chi connectivity index (χ0n) is 17.6. The topological polar surface area (TPSA) is 70.1 Å². The number of nitrogens with one attached hydrogen (secondary N) is 2. The van der Waals surface area contributed by atoms with Gasteiger partial charge >= 0.3 is 0 Å². The predicted molar refractivity (Wildman–Crippen MR) is 124 cm³/mol. The second-order valence-electron chi connectivity index (χ2n) is 7.52.